The zero-order valence-electron chi connectivity index (χ0n) is 13.5. The molecule has 1 aliphatic heterocycles. The summed E-state index contributed by atoms with van der Waals surface area (Å²) in [6.07, 6.45) is -0.123. The van der Waals surface area contributed by atoms with Crippen LogP contribution in [0.15, 0.2) is 24.3 Å². The molecule has 0 spiro atoms. The molecule has 1 heterocycles. The van der Waals surface area contributed by atoms with Crippen molar-refractivity contribution in [1.29, 1.82) is 0 Å². The first-order chi connectivity index (χ1) is 10.6. The van der Waals surface area contributed by atoms with Crippen LogP contribution in [0.1, 0.15) is 6.92 Å². The number of carbonyl (C=O) groups is 1. The van der Waals surface area contributed by atoms with E-state index in [1.165, 1.54) is 0 Å². The zero-order chi connectivity index (χ0) is 15.9. The molecule has 1 aromatic carbocycles. The summed E-state index contributed by atoms with van der Waals surface area (Å²) >= 11 is 0. The van der Waals surface area contributed by atoms with Crippen molar-refractivity contribution in [3.8, 4) is 5.75 Å². The van der Waals surface area contributed by atoms with Gasteiger partial charge in [0.05, 0.1) is 12.7 Å². The maximum atomic E-state index is 12.2. The van der Waals surface area contributed by atoms with Crippen LogP contribution in [0.5, 0.6) is 5.75 Å². The lowest BCUT2D eigenvalue weighted by Crippen LogP contribution is -2.53. The number of likely N-dealkylation sites (N-methyl/N-ethyl adjacent to an activating group) is 1. The first-order valence-corrected chi connectivity index (χ1v) is 7.59. The third kappa shape index (κ3) is 4.98. The molecule has 6 nitrogen and oxygen atoms in total. The number of morpholine rings is 1. The Morgan fingerprint density at radius 3 is 2.77 bits per heavy atom. The molecule has 0 bridgehead atoms. The van der Waals surface area contributed by atoms with Gasteiger partial charge < -0.3 is 25.0 Å². The van der Waals surface area contributed by atoms with E-state index in [1.807, 2.05) is 45.3 Å². The molecule has 1 saturated heterocycles. The van der Waals surface area contributed by atoms with Gasteiger partial charge in [0.2, 0.25) is 5.91 Å². The quantitative estimate of drug-likeness (QED) is 0.819. The highest BCUT2D eigenvalue weighted by atomic mass is 16.5. The SMILES string of the molecule is C[C@H]1OCCN[C@@H]1C(=O)Nc1ccc(OCCN(C)C)cc1. The van der Waals surface area contributed by atoms with E-state index in [0.29, 0.717) is 19.8 Å². The van der Waals surface area contributed by atoms with E-state index in [0.717, 1.165) is 18.0 Å². The molecule has 2 rings (SSSR count). The monoisotopic (exact) mass is 307 g/mol. The van der Waals surface area contributed by atoms with Gasteiger partial charge in [-0.15, -0.1) is 0 Å². The van der Waals surface area contributed by atoms with Gasteiger partial charge in [-0.1, -0.05) is 0 Å². The average Bonchev–Trinajstić information content (AvgIpc) is 2.49. The third-order valence-electron chi connectivity index (χ3n) is 3.53. The van der Waals surface area contributed by atoms with Crippen molar-refractivity contribution in [3.63, 3.8) is 0 Å². The second kappa shape index (κ2) is 8.12. The Morgan fingerprint density at radius 2 is 2.14 bits per heavy atom. The molecular formula is C16H25N3O3. The second-order valence-corrected chi connectivity index (χ2v) is 5.67. The van der Waals surface area contributed by atoms with Crippen LogP contribution in [0.2, 0.25) is 0 Å². The highest BCUT2D eigenvalue weighted by Crippen LogP contribution is 2.16. The number of hydrogen-bond donors (Lipinski definition) is 2. The number of nitrogens with one attached hydrogen (secondary N) is 2. The molecule has 1 aliphatic rings. The number of ether oxygens (including phenoxy) is 2. The minimum absolute atomic E-state index is 0.0755. The van der Waals surface area contributed by atoms with E-state index >= 15 is 0 Å². The average molecular weight is 307 g/mol. The fraction of sp³-hybridized carbons (Fsp3) is 0.562. The molecule has 22 heavy (non-hydrogen) atoms. The van der Waals surface area contributed by atoms with Crippen LogP contribution in [-0.2, 0) is 9.53 Å². The number of hydrogen-bond acceptors (Lipinski definition) is 5. The molecule has 0 radical (unpaired) electrons. The lowest BCUT2D eigenvalue weighted by molar-refractivity contribution is -0.123. The molecule has 6 heteroatoms. The van der Waals surface area contributed by atoms with E-state index in [1.54, 1.807) is 0 Å². The Morgan fingerprint density at radius 1 is 1.41 bits per heavy atom. The van der Waals surface area contributed by atoms with E-state index in [-0.39, 0.29) is 18.1 Å². The van der Waals surface area contributed by atoms with Gasteiger partial charge in [0.15, 0.2) is 0 Å². The van der Waals surface area contributed by atoms with E-state index < -0.39 is 0 Å². The van der Waals surface area contributed by atoms with Crippen molar-refractivity contribution in [2.45, 2.75) is 19.1 Å². The van der Waals surface area contributed by atoms with Gasteiger partial charge in [0.25, 0.3) is 0 Å². The van der Waals surface area contributed by atoms with E-state index in [4.69, 9.17) is 9.47 Å². The number of nitrogens with zero attached hydrogens (tertiary/aromatic N) is 1. The third-order valence-corrected chi connectivity index (χ3v) is 3.53. The van der Waals surface area contributed by atoms with Gasteiger partial charge in [-0.05, 0) is 45.3 Å². The Labute approximate surface area is 131 Å². The largest absolute Gasteiger partial charge is 0.492 e. The van der Waals surface area contributed by atoms with Crippen LogP contribution in [0.3, 0.4) is 0 Å². The standard InChI is InChI=1S/C16H25N3O3/c1-12-15(17-8-10-21-12)16(20)18-13-4-6-14(7-5-13)22-11-9-19(2)3/h4-7,12,15,17H,8-11H2,1-3H3,(H,18,20)/t12-,15+/m1/s1. The number of anilines is 1. The molecular weight excluding hydrogens is 282 g/mol. The highest BCUT2D eigenvalue weighted by molar-refractivity contribution is 5.95. The minimum atomic E-state index is -0.315. The fourth-order valence-corrected chi connectivity index (χ4v) is 2.23. The normalized spacial score (nSPS) is 21.6. The Bertz CT molecular complexity index is 476. The highest BCUT2D eigenvalue weighted by Gasteiger charge is 2.28. The number of carbonyl (C=O) groups excluding carboxylic acids is 1. The number of rotatable bonds is 6. The van der Waals surface area contributed by atoms with Crippen molar-refractivity contribution in [1.82, 2.24) is 10.2 Å². The van der Waals surface area contributed by atoms with Crippen molar-refractivity contribution < 1.29 is 14.3 Å². The fourth-order valence-electron chi connectivity index (χ4n) is 2.23. The van der Waals surface area contributed by atoms with Crippen LogP contribution < -0.4 is 15.4 Å². The minimum Gasteiger partial charge on any atom is -0.492 e. The van der Waals surface area contributed by atoms with Gasteiger partial charge in [-0.3, -0.25) is 4.79 Å². The van der Waals surface area contributed by atoms with Gasteiger partial charge in [-0.25, -0.2) is 0 Å². The molecule has 2 N–H and O–H groups in total. The molecule has 1 fully saturated rings. The lowest BCUT2D eigenvalue weighted by atomic mass is 10.1. The molecule has 122 valence electrons. The van der Waals surface area contributed by atoms with Gasteiger partial charge in [-0.2, -0.15) is 0 Å². The van der Waals surface area contributed by atoms with E-state index in [9.17, 15) is 4.79 Å². The predicted octanol–water partition coefficient (Wildman–Crippen LogP) is 0.942. The van der Waals surface area contributed by atoms with Gasteiger partial charge in [0, 0.05) is 18.8 Å². The molecule has 0 aromatic heterocycles. The first-order valence-electron chi connectivity index (χ1n) is 7.59. The zero-order valence-corrected chi connectivity index (χ0v) is 13.5. The summed E-state index contributed by atoms with van der Waals surface area (Å²) in [6, 6.07) is 7.10. The Balaban J connectivity index is 1.84. The molecule has 0 saturated carbocycles. The second-order valence-electron chi connectivity index (χ2n) is 5.67. The summed E-state index contributed by atoms with van der Waals surface area (Å²) < 4.78 is 11.1. The van der Waals surface area contributed by atoms with Gasteiger partial charge in [0.1, 0.15) is 18.4 Å². The van der Waals surface area contributed by atoms with Crippen LogP contribution in [0, 0.1) is 0 Å². The summed E-state index contributed by atoms with van der Waals surface area (Å²) in [5.74, 6) is 0.723. The first kappa shape index (κ1) is 16.7. The van der Waals surface area contributed by atoms with Crippen molar-refractivity contribution >= 4 is 11.6 Å². The Hall–Kier alpha value is -1.63. The molecule has 1 aromatic rings. The van der Waals surface area contributed by atoms with Crippen molar-refractivity contribution in [3.05, 3.63) is 24.3 Å². The van der Waals surface area contributed by atoms with Crippen LogP contribution in [0.4, 0.5) is 5.69 Å². The van der Waals surface area contributed by atoms with Crippen LogP contribution in [0.25, 0.3) is 0 Å². The molecule has 0 unspecified atom stereocenters. The summed E-state index contributed by atoms with van der Waals surface area (Å²) in [5, 5.41) is 6.07. The summed E-state index contributed by atoms with van der Waals surface area (Å²) in [4.78, 5) is 14.3. The molecule has 2 atom stereocenters. The molecule has 1 amide bonds. The topological polar surface area (TPSA) is 62.8 Å². The number of benzene rings is 1. The summed E-state index contributed by atoms with van der Waals surface area (Å²) in [5.41, 5.74) is 0.754. The van der Waals surface area contributed by atoms with E-state index in [2.05, 4.69) is 15.5 Å². The van der Waals surface area contributed by atoms with Crippen molar-refractivity contribution in [2.24, 2.45) is 0 Å². The maximum Gasteiger partial charge on any atom is 0.244 e. The number of amides is 1. The van der Waals surface area contributed by atoms with Crippen LogP contribution in [-0.4, -0.2) is 63.4 Å². The van der Waals surface area contributed by atoms with Crippen molar-refractivity contribution in [2.75, 3.05) is 45.7 Å². The summed E-state index contributed by atoms with van der Waals surface area (Å²) in [7, 11) is 4.01. The van der Waals surface area contributed by atoms with Gasteiger partial charge >= 0.3 is 0 Å². The lowest BCUT2D eigenvalue weighted by Gasteiger charge is -2.29. The van der Waals surface area contributed by atoms with Crippen LogP contribution >= 0.6 is 0 Å². The summed E-state index contributed by atoms with van der Waals surface area (Å²) in [6.45, 7) is 4.74. The molecule has 0 aliphatic carbocycles. The Kier molecular flexibility index (Phi) is 6.18. The maximum absolute atomic E-state index is 12.2. The predicted molar refractivity (Wildman–Crippen MR) is 86.3 cm³/mol. The smallest absolute Gasteiger partial charge is 0.244 e.